The van der Waals surface area contributed by atoms with Gasteiger partial charge in [-0.1, -0.05) is 24.3 Å². The molecule has 1 N–H and O–H groups in total. The molecule has 1 aliphatic rings. The number of alkyl halides is 1. The van der Waals surface area contributed by atoms with Gasteiger partial charge in [0.05, 0.1) is 28.4 Å². The third-order valence-corrected chi connectivity index (χ3v) is 5.08. The number of likely N-dealkylation sites (tertiary alicyclic amines) is 1. The fraction of sp³-hybridized carbons (Fsp3) is 0.286. The van der Waals surface area contributed by atoms with Crippen LogP contribution in [0.5, 0.6) is 0 Å². The van der Waals surface area contributed by atoms with E-state index >= 15 is 0 Å². The summed E-state index contributed by atoms with van der Waals surface area (Å²) in [6, 6.07) is 13.9. The number of aromatic nitrogens is 4. The minimum absolute atomic E-state index is 0.252. The summed E-state index contributed by atoms with van der Waals surface area (Å²) < 4.78 is 20.3. The molecule has 1 fully saturated rings. The van der Waals surface area contributed by atoms with Gasteiger partial charge < -0.3 is 9.72 Å². The van der Waals surface area contributed by atoms with Crippen LogP contribution in [0, 0.1) is 0 Å². The lowest BCUT2D eigenvalue weighted by Crippen LogP contribution is -2.24. The molecule has 0 unspecified atom stereocenters. The molecule has 28 heavy (non-hydrogen) atoms. The van der Waals surface area contributed by atoms with Crippen LogP contribution in [0.25, 0.3) is 21.9 Å². The van der Waals surface area contributed by atoms with Gasteiger partial charge in [0, 0.05) is 31.2 Å². The molecule has 1 saturated heterocycles. The lowest BCUT2D eigenvalue weighted by Gasteiger charge is -2.15. The summed E-state index contributed by atoms with van der Waals surface area (Å²) in [5.74, 6) is 0.685. The molecule has 7 heteroatoms. The number of fused-ring (bicyclic) bond motifs is 2. The van der Waals surface area contributed by atoms with Crippen LogP contribution >= 0.6 is 0 Å². The Morgan fingerprint density at radius 3 is 2.93 bits per heavy atom. The Morgan fingerprint density at radius 1 is 1.07 bits per heavy atom. The predicted octanol–water partition coefficient (Wildman–Crippen LogP) is 3.25. The molecule has 3 aromatic heterocycles. The number of halogens is 1. The molecule has 5 rings (SSSR count). The first-order valence-corrected chi connectivity index (χ1v) is 9.36. The van der Waals surface area contributed by atoms with E-state index in [1.54, 1.807) is 12.4 Å². The third kappa shape index (κ3) is 3.46. The average Bonchev–Trinajstić information content (AvgIpc) is 3.28. The van der Waals surface area contributed by atoms with Gasteiger partial charge in [0.2, 0.25) is 0 Å². The van der Waals surface area contributed by atoms with Crippen molar-refractivity contribution in [2.45, 2.75) is 25.4 Å². The van der Waals surface area contributed by atoms with Crippen LogP contribution < -0.4 is 0 Å². The Hall–Kier alpha value is -2.90. The zero-order valence-corrected chi connectivity index (χ0v) is 15.3. The van der Waals surface area contributed by atoms with Crippen LogP contribution in [0.1, 0.15) is 11.5 Å². The number of H-pyrrole nitrogens is 1. The second kappa shape index (κ2) is 7.26. The monoisotopic (exact) mass is 377 g/mol. The van der Waals surface area contributed by atoms with Crippen molar-refractivity contribution in [1.29, 1.82) is 0 Å². The Labute approximate surface area is 161 Å². The van der Waals surface area contributed by atoms with E-state index in [2.05, 4.69) is 30.9 Å². The Balaban J connectivity index is 1.21. The predicted molar refractivity (Wildman–Crippen MR) is 104 cm³/mol. The van der Waals surface area contributed by atoms with Crippen LogP contribution in [0.2, 0.25) is 0 Å². The van der Waals surface area contributed by atoms with Crippen LogP contribution in [0.15, 0.2) is 54.9 Å². The second-order valence-corrected chi connectivity index (χ2v) is 7.13. The van der Waals surface area contributed by atoms with E-state index in [0.717, 1.165) is 27.6 Å². The van der Waals surface area contributed by atoms with E-state index in [0.29, 0.717) is 25.5 Å². The van der Waals surface area contributed by atoms with Crippen molar-refractivity contribution in [3.8, 4) is 0 Å². The number of pyridine rings is 2. The summed E-state index contributed by atoms with van der Waals surface area (Å²) in [6.07, 6.45) is 1.93. The second-order valence-electron chi connectivity index (χ2n) is 7.13. The number of ether oxygens (including phenoxy) is 1. The van der Waals surface area contributed by atoms with Crippen LogP contribution in [-0.4, -0.2) is 50.2 Å². The van der Waals surface area contributed by atoms with Gasteiger partial charge in [-0.25, -0.2) is 9.37 Å². The minimum atomic E-state index is -1.02. The summed E-state index contributed by atoms with van der Waals surface area (Å²) in [5.41, 5.74) is 3.59. The van der Waals surface area contributed by atoms with Gasteiger partial charge in [-0.15, -0.1) is 0 Å². The van der Waals surface area contributed by atoms with Crippen molar-refractivity contribution in [1.82, 2.24) is 24.8 Å². The van der Waals surface area contributed by atoms with Crippen molar-refractivity contribution in [3.05, 3.63) is 66.4 Å². The minimum Gasteiger partial charge on any atom is -0.366 e. The first kappa shape index (κ1) is 17.2. The van der Waals surface area contributed by atoms with Gasteiger partial charge in [-0.3, -0.25) is 14.9 Å². The van der Waals surface area contributed by atoms with Crippen molar-refractivity contribution < 1.29 is 9.13 Å². The molecule has 142 valence electrons. The summed E-state index contributed by atoms with van der Waals surface area (Å²) in [7, 11) is 0. The number of hydrogen-bond donors (Lipinski definition) is 1. The van der Waals surface area contributed by atoms with Crippen LogP contribution in [0.4, 0.5) is 4.39 Å². The lowest BCUT2D eigenvalue weighted by molar-refractivity contribution is 0.00861. The van der Waals surface area contributed by atoms with E-state index in [1.807, 2.05) is 36.4 Å². The third-order valence-electron chi connectivity index (χ3n) is 5.08. The van der Waals surface area contributed by atoms with E-state index < -0.39 is 12.3 Å². The first-order chi connectivity index (χ1) is 13.7. The Kier molecular flexibility index (Phi) is 4.46. The normalized spacial score (nSPS) is 20.3. The van der Waals surface area contributed by atoms with E-state index in [4.69, 9.17) is 4.74 Å². The molecule has 6 nitrogen and oxygen atoms in total. The summed E-state index contributed by atoms with van der Waals surface area (Å²) in [4.78, 5) is 18.4. The topological polar surface area (TPSA) is 66.9 Å². The SMILES string of the molecule is F[C@@H]1CN(Cc2ccc3ccccc3n2)C[C@@H]1OCc1nc2ccncc2[nH]1. The van der Waals surface area contributed by atoms with Gasteiger partial charge in [0.1, 0.15) is 24.7 Å². The number of hydrogen-bond acceptors (Lipinski definition) is 5. The average molecular weight is 377 g/mol. The molecule has 1 aromatic carbocycles. The maximum atomic E-state index is 14.5. The first-order valence-electron chi connectivity index (χ1n) is 9.36. The van der Waals surface area contributed by atoms with Gasteiger partial charge in [0.25, 0.3) is 0 Å². The molecule has 1 aliphatic heterocycles. The standard InChI is InChI=1S/C21H20FN5O/c22-16-11-27(10-15-6-5-14-3-1-2-4-17(14)24-15)12-20(16)28-13-21-25-18-7-8-23-9-19(18)26-21/h1-9,16,20H,10-13H2,(H,25,26)/t16-,20+/m1/s1. The number of nitrogens with one attached hydrogen (secondary N) is 1. The molecule has 0 amide bonds. The van der Waals surface area contributed by atoms with Crippen molar-refractivity contribution in [2.75, 3.05) is 13.1 Å². The number of nitrogens with zero attached hydrogens (tertiary/aromatic N) is 4. The number of aromatic amines is 1. The molecule has 4 aromatic rings. The van der Waals surface area contributed by atoms with Gasteiger partial charge in [-0.2, -0.15) is 0 Å². The summed E-state index contributed by atoms with van der Waals surface area (Å²) >= 11 is 0. The summed E-state index contributed by atoms with van der Waals surface area (Å²) in [6.45, 7) is 1.75. The highest BCUT2D eigenvalue weighted by Crippen LogP contribution is 2.21. The molecule has 4 heterocycles. The van der Waals surface area contributed by atoms with Gasteiger partial charge in [-0.05, 0) is 18.2 Å². The fourth-order valence-corrected chi connectivity index (χ4v) is 3.68. The van der Waals surface area contributed by atoms with Crippen molar-refractivity contribution >= 4 is 21.9 Å². The molecular formula is C21H20FN5O. The maximum Gasteiger partial charge on any atom is 0.140 e. The quantitative estimate of drug-likeness (QED) is 0.578. The largest absolute Gasteiger partial charge is 0.366 e. The maximum absolute atomic E-state index is 14.5. The van der Waals surface area contributed by atoms with Crippen molar-refractivity contribution in [2.24, 2.45) is 0 Å². The number of imidazole rings is 1. The van der Waals surface area contributed by atoms with Crippen LogP contribution in [-0.2, 0) is 17.9 Å². The fourth-order valence-electron chi connectivity index (χ4n) is 3.68. The van der Waals surface area contributed by atoms with Crippen LogP contribution in [0.3, 0.4) is 0 Å². The lowest BCUT2D eigenvalue weighted by atomic mass is 10.2. The highest BCUT2D eigenvalue weighted by Gasteiger charge is 2.34. The molecule has 0 spiro atoms. The van der Waals surface area contributed by atoms with Crippen molar-refractivity contribution in [3.63, 3.8) is 0 Å². The molecule has 0 radical (unpaired) electrons. The number of rotatable bonds is 5. The zero-order chi connectivity index (χ0) is 18.9. The Morgan fingerprint density at radius 2 is 2.00 bits per heavy atom. The van der Waals surface area contributed by atoms with E-state index in [1.165, 1.54) is 0 Å². The Bertz CT molecular complexity index is 1080. The van der Waals surface area contributed by atoms with Gasteiger partial charge >= 0.3 is 0 Å². The smallest absolute Gasteiger partial charge is 0.140 e. The number of para-hydroxylation sites is 1. The molecule has 0 saturated carbocycles. The van der Waals surface area contributed by atoms with E-state index in [9.17, 15) is 4.39 Å². The zero-order valence-electron chi connectivity index (χ0n) is 15.3. The highest BCUT2D eigenvalue weighted by atomic mass is 19.1. The molecule has 0 bridgehead atoms. The van der Waals surface area contributed by atoms with E-state index in [-0.39, 0.29) is 6.61 Å². The number of benzene rings is 1. The highest BCUT2D eigenvalue weighted by molar-refractivity contribution is 5.78. The molecule has 0 aliphatic carbocycles. The van der Waals surface area contributed by atoms with Gasteiger partial charge in [0.15, 0.2) is 0 Å². The molecular weight excluding hydrogens is 357 g/mol. The molecule has 2 atom stereocenters. The summed E-state index contributed by atoms with van der Waals surface area (Å²) in [5, 5.41) is 1.11.